The summed E-state index contributed by atoms with van der Waals surface area (Å²) in [5.74, 6) is -0.267. The van der Waals surface area contributed by atoms with Crippen molar-refractivity contribution >= 4 is 16.9 Å². The van der Waals surface area contributed by atoms with E-state index in [9.17, 15) is 18.0 Å². The molecule has 0 bridgehead atoms. The highest BCUT2D eigenvalue weighted by Crippen LogP contribution is 2.29. The van der Waals surface area contributed by atoms with Crippen LogP contribution in [0.5, 0.6) is 0 Å². The SMILES string of the molecule is Cc1nc2c(cnn2C(C)C)cc1C(=O)NCCc1ccc(C(F)(F)F)cc1. The first-order valence-electron chi connectivity index (χ1n) is 8.96. The Hall–Kier alpha value is -2.90. The summed E-state index contributed by atoms with van der Waals surface area (Å²) in [5, 5.41) is 7.89. The molecule has 0 aliphatic rings. The Morgan fingerprint density at radius 2 is 1.89 bits per heavy atom. The van der Waals surface area contributed by atoms with Crippen molar-refractivity contribution in [3.05, 3.63) is 58.9 Å². The quantitative estimate of drug-likeness (QED) is 0.706. The highest BCUT2D eigenvalue weighted by atomic mass is 19.4. The first kappa shape index (κ1) is 19.9. The minimum absolute atomic E-state index is 0.160. The standard InChI is InChI=1S/C20H21F3N4O/c1-12(2)27-18-15(11-25-27)10-17(13(3)26-18)19(28)24-9-8-14-4-6-16(7-5-14)20(21,22)23/h4-7,10-12H,8-9H2,1-3H3,(H,24,28). The number of hydrogen-bond acceptors (Lipinski definition) is 3. The second-order valence-electron chi connectivity index (χ2n) is 6.92. The number of fused-ring (bicyclic) bond motifs is 1. The highest BCUT2D eigenvalue weighted by Gasteiger charge is 2.29. The minimum Gasteiger partial charge on any atom is -0.352 e. The van der Waals surface area contributed by atoms with Crippen molar-refractivity contribution in [1.82, 2.24) is 20.1 Å². The summed E-state index contributed by atoms with van der Waals surface area (Å²) >= 11 is 0. The van der Waals surface area contributed by atoms with E-state index in [0.29, 0.717) is 24.2 Å². The average molecular weight is 390 g/mol. The number of carbonyl (C=O) groups excluding carboxylic acids is 1. The molecule has 28 heavy (non-hydrogen) atoms. The molecule has 3 aromatic rings. The van der Waals surface area contributed by atoms with Gasteiger partial charge >= 0.3 is 6.18 Å². The molecule has 0 spiro atoms. The van der Waals surface area contributed by atoms with Crippen LogP contribution in [0.2, 0.25) is 0 Å². The van der Waals surface area contributed by atoms with Crippen LogP contribution in [0, 0.1) is 6.92 Å². The van der Waals surface area contributed by atoms with Gasteiger partial charge in [-0.2, -0.15) is 18.3 Å². The van der Waals surface area contributed by atoms with Crippen molar-refractivity contribution in [1.29, 1.82) is 0 Å². The number of nitrogens with one attached hydrogen (secondary N) is 1. The van der Waals surface area contributed by atoms with Crippen LogP contribution >= 0.6 is 0 Å². The zero-order chi connectivity index (χ0) is 20.5. The van der Waals surface area contributed by atoms with Gasteiger partial charge in [-0.15, -0.1) is 0 Å². The van der Waals surface area contributed by atoms with E-state index in [2.05, 4.69) is 15.4 Å². The normalized spacial score (nSPS) is 12.0. The average Bonchev–Trinajstić information content (AvgIpc) is 3.03. The lowest BCUT2D eigenvalue weighted by atomic mass is 10.1. The van der Waals surface area contributed by atoms with Crippen LogP contribution in [0.15, 0.2) is 36.5 Å². The lowest BCUT2D eigenvalue weighted by Crippen LogP contribution is -2.26. The number of halogens is 3. The number of amides is 1. The van der Waals surface area contributed by atoms with E-state index in [1.54, 1.807) is 23.9 Å². The maximum atomic E-state index is 12.6. The van der Waals surface area contributed by atoms with Gasteiger partial charge in [0.1, 0.15) is 0 Å². The largest absolute Gasteiger partial charge is 0.416 e. The monoisotopic (exact) mass is 390 g/mol. The molecular weight excluding hydrogens is 369 g/mol. The number of aryl methyl sites for hydroxylation is 1. The Morgan fingerprint density at radius 3 is 2.50 bits per heavy atom. The summed E-state index contributed by atoms with van der Waals surface area (Å²) in [7, 11) is 0. The number of hydrogen-bond donors (Lipinski definition) is 1. The molecule has 0 aliphatic carbocycles. The lowest BCUT2D eigenvalue weighted by Gasteiger charge is -2.10. The zero-order valence-electron chi connectivity index (χ0n) is 15.8. The third-order valence-corrected chi connectivity index (χ3v) is 4.47. The number of aromatic nitrogens is 3. The van der Waals surface area contributed by atoms with Gasteiger partial charge in [-0.1, -0.05) is 12.1 Å². The molecule has 5 nitrogen and oxygen atoms in total. The predicted octanol–water partition coefficient (Wildman–Crippen LogP) is 4.31. The number of alkyl halides is 3. The molecule has 8 heteroatoms. The van der Waals surface area contributed by atoms with E-state index in [-0.39, 0.29) is 11.9 Å². The molecule has 1 aromatic carbocycles. The number of carbonyl (C=O) groups is 1. The highest BCUT2D eigenvalue weighted by molar-refractivity contribution is 5.98. The van der Waals surface area contributed by atoms with Gasteiger partial charge in [0.15, 0.2) is 5.65 Å². The van der Waals surface area contributed by atoms with Crippen molar-refractivity contribution in [3.8, 4) is 0 Å². The fourth-order valence-corrected chi connectivity index (χ4v) is 2.95. The third-order valence-electron chi connectivity index (χ3n) is 4.47. The third kappa shape index (κ3) is 4.16. The van der Waals surface area contributed by atoms with Gasteiger partial charge in [-0.3, -0.25) is 4.79 Å². The van der Waals surface area contributed by atoms with Crippen molar-refractivity contribution in [2.24, 2.45) is 0 Å². The Labute approximate surface area is 160 Å². The van der Waals surface area contributed by atoms with Gasteiger partial charge in [-0.05, 0) is 51.0 Å². The molecule has 3 rings (SSSR count). The van der Waals surface area contributed by atoms with Gasteiger partial charge in [0.25, 0.3) is 5.91 Å². The molecule has 1 N–H and O–H groups in total. The van der Waals surface area contributed by atoms with Crippen LogP contribution in [-0.2, 0) is 12.6 Å². The van der Waals surface area contributed by atoms with E-state index in [1.165, 1.54) is 12.1 Å². The van der Waals surface area contributed by atoms with Crippen LogP contribution in [0.1, 0.15) is 47.1 Å². The van der Waals surface area contributed by atoms with E-state index >= 15 is 0 Å². The number of nitrogens with zero attached hydrogens (tertiary/aromatic N) is 3. The Kier molecular flexibility index (Phi) is 5.40. The number of pyridine rings is 1. The molecule has 0 radical (unpaired) electrons. The Bertz CT molecular complexity index is 991. The summed E-state index contributed by atoms with van der Waals surface area (Å²) in [6, 6.07) is 6.86. The molecule has 148 valence electrons. The zero-order valence-corrected chi connectivity index (χ0v) is 15.8. The molecule has 0 saturated carbocycles. The predicted molar refractivity (Wildman–Crippen MR) is 100 cm³/mol. The van der Waals surface area contributed by atoms with E-state index in [4.69, 9.17) is 0 Å². The van der Waals surface area contributed by atoms with Crippen molar-refractivity contribution in [2.75, 3.05) is 6.54 Å². The molecular formula is C20H21F3N4O. The lowest BCUT2D eigenvalue weighted by molar-refractivity contribution is -0.137. The van der Waals surface area contributed by atoms with Crippen molar-refractivity contribution in [2.45, 2.75) is 39.4 Å². The molecule has 0 unspecified atom stereocenters. The van der Waals surface area contributed by atoms with Crippen LogP contribution in [0.3, 0.4) is 0 Å². The van der Waals surface area contributed by atoms with E-state index in [1.807, 2.05) is 13.8 Å². The van der Waals surface area contributed by atoms with E-state index < -0.39 is 11.7 Å². The Balaban J connectivity index is 1.66. The summed E-state index contributed by atoms with van der Waals surface area (Å²) in [4.78, 5) is 17.0. The molecule has 2 aromatic heterocycles. The molecule has 0 saturated heterocycles. The fourth-order valence-electron chi connectivity index (χ4n) is 2.95. The van der Waals surface area contributed by atoms with Gasteiger partial charge in [0.05, 0.1) is 23.0 Å². The summed E-state index contributed by atoms with van der Waals surface area (Å²) in [6.07, 6.45) is -2.23. The van der Waals surface area contributed by atoms with Crippen molar-refractivity contribution < 1.29 is 18.0 Å². The smallest absolute Gasteiger partial charge is 0.352 e. The number of benzene rings is 1. The summed E-state index contributed by atoms with van der Waals surface area (Å²) in [5.41, 5.74) is 1.83. The van der Waals surface area contributed by atoms with Gasteiger partial charge in [0, 0.05) is 18.0 Å². The summed E-state index contributed by atoms with van der Waals surface area (Å²) < 4.78 is 39.6. The minimum atomic E-state index is -4.35. The van der Waals surface area contributed by atoms with E-state index in [0.717, 1.165) is 28.7 Å². The molecule has 1 amide bonds. The van der Waals surface area contributed by atoms with Crippen LogP contribution < -0.4 is 5.32 Å². The summed E-state index contributed by atoms with van der Waals surface area (Å²) in [6.45, 7) is 6.09. The van der Waals surface area contributed by atoms with Crippen LogP contribution in [-0.4, -0.2) is 27.2 Å². The fraction of sp³-hybridized carbons (Fsp3) is 0.350. The number of rotatable bonds is 5. The van der Waals surface area contributed by atoms with Crippen LogP contribution in [0.4, 0.5) is 13.2 Å². The second kappa shape index (κ2) is 7.61. The molecule has 2 heterocycles. The van der Waals surface area contributed by atoms with Crippen LogP contribution in [0.25, 0.3) is 11.0 Å². The van der Waals surface area contributed by atoms with Gasteiger partial charge in [0.2, 0.25) is 0 Å². The first-order valence-corrected chi connectivity index (χ1v) is 8.96. The maximum Gasteiger partial charge on any atom is 0.416 e. The Morgan fingerprint density at radius 1 is 1.21 bits per heavy atom. The maximum absolute atomic E-state index is 12.6. The van der Waals surface area contributed by atoms with Gasteiger partial charge in [-0.25, -0.2) is 9.67 Å². The van der Waals surface area contributed by atoms with Gasteiger partial charge < -0.3 is 5.32 Å². The first-order chi connectivity index (χ1) is 13.2. The molecule has 0 fully saturated rings. The molecule has 0 aliphatic heterocycles. The second-order valence-corrected chi connectivity index (χ2v) is 6.92. The molecule has 0 atom stereocenters. The van der Waals surface area contributed by atoms with Crippen molar-refractivity contribution in [3.63, 3.8) is 0 Å². The topological polar surface area (TPSA) is 59.8 Å².